The monoisotopic (exact) mass is 327 g/mol. The average Bonchev–Trinajstić information content (AvgIpc) is 3.06. The fourth-order valence-electron chi connectivity index (χ4n) is 3.47. The molecule has 2 heterocycles. The smallest absolute Gasteiger partial charge is 0.229 e. The predicted octanol–water partition coefficient (Wildman–Crippen LogP) is 2.50. The lowest BCUT2D eigenvalue weighted by Crippen LogP contribution is -2.41. The molecule has 1 aromatic heterocycles. The molecule has 1 unspecified atom stereocenters. The molecule has 1 saturated heterocycles. The molecule has 0 radical (unpaired) electrons. The second-order valence-electron chi connectivity index (χ2n) is 6.64. The first-order valence-electron chi connectivity index (χ1n) is 8.57. The number of hydrogen-bond acceptors (Lipinski definition) is 3. The molecule has 2 atom stereocenters. The van der Waals surface area contributed by atoms with Gasteiger partial charge in [0.05, 0.1) is 5.92 Å². The van der Waals surface area contributed by atoms with E-state index >= 15 is 0 Å². The van der Waals surface area contributed by atoms with Gasteiger partial charge in [0.2, 0.25) is 5.91 Å². The van der Waals surface area contributed by atoms with Crippen LogP contribution in [-0.4, -0.2) is 38.6 Å². The number of carbonyl (C=O) groups excluding carboxylic acids is 1. The normalized spacial score (nSPS) is 18.4. The van der Waals surface area contributed by atoms with Crippen molar-refractivity contribution in [3.63, 3.8) is 0 Å². The molecule has 0 bridgehead atoms. The molecular formula is C19H25N3O2. The van der Waals surface area contributed by atoms with Gasteiger partial charge >= 0.3 is 0 Å². The van der Waals surface area contributed by atoms with E-state index in [1.54, 1.807) is 6.20 Å². The Morgan fingerprint density at radius 3 is 2.50 bits per heavy atom. The molecule has 0 spiro atoms. The van der Waals surface area contributed by atoms with Crippen LogP contribution >= 0.6 is 0 Å². The maximum atomic E-state index is 12.7. The van der Waals surface area contributed by atoms with E-state index < -0.39 is 6.10 Å². The van der Waals surface area contributed by atoms with E-state index in [1.165, 1.54) is 0 Å². The van der Waals surface area contributed by atoms with Gasteiger partial charge in [0, 0.05) is 32.5 Å². The molecule has 1 aliphatic heterocycles. The molecule has 1 N–H and O–H groups in total. The van der Waals surface area contributed by atoms with Gasteiger partial charge in [0.1, 0.15) is 11.9 Å². The van der Waals surface area contributed by atoms with Crippen LogP contribution in [0.2, 0.25) is 0 Å². The largest absolute Gasteiger partial charge is 0.385 e. The quantitative estimate of drug-likeness (QED) is 0.938. The third-order valence-corrected chi connectivity index (χ3v) is 5.09. The Balaban J connectivity index is 1.59. The van der Waals surface area contributed by atoms with Crippen molar-refractivity contribution < 1.29 is 9.90 Å². The van der Waals surface area contributed by atoms with E-state index in [9.17, 15) is 9.90 Å². The maximum Gasteiger partial charge on any atom is 0.229 e. The van der Waals surface area contributed by atoms with Crippen LogP contribution in [-0.2, 0) is 11.8 Å². The Bertz CT molecular complexity index is 675. The van der Waals surface area contributed by atoms with Gasteiger partial charge < -0.3 is 14.6 Å². The van der Waals surface area contributed by atoms with E-state index in [0.29, 0.717) is 18.9 Å². The zero-order valence-electron chi connectivity index (χ0n) is 14.3. The highest BCUT2D eigenvalue weighted by molar-refractivity contribution is 5.83. The third kappa shape index (κ3) is 3.36. The van der Waals surface area contributed by atoms with Gasteiger partial charge in [-0.25, -0.2) is 4.98 Å². The molecule has 1 amide bonds. The number of hydrogen-bond donors (Lipinski definition) is 1. The van der Waals surface area contributed by atoms with E-state index in [1.807, 2.05) is 60.0 Å². The Labute approximate surface area is 142 Å². The summed E-state index contributed by atoms with van der Waals surface area (Å²) in [5.74, 6) is 0.910. The topological polar surface area (TPSA) is 58.4 Å². The van der Waals surface area contributed by atoms with Crippen molar-refractivity contribution >= 4 is 5.91 Å². The van der Waals surface area contributed by atoms with Gasteiger partial charge in [0.15, 0.2) is 0 Å². The standard InChI is InChI=1S/C19H25N3O2/c1-14(15-6-4-3-5-7-15)19(24)22-11-8-16(9-12-22)17(23)18-20-10-13-21(18)2/h3-7,10,13-14,16-17,23H,8-9,11-12H2,1-2H3/t14-,17?/m1/s1. The van der Waals surface area contributed by atoms with Crippen LogP contribution in [0.1, 0.15) is 43.2 Å². The highest BCUT2D eigenvalue weighted by atomic mass is 16.3. The van der Waals surface area contributed by atoms with Crippen LogP contribution in [0.5, 0.6) is 0 Å². The Morgan fingerprint density at radius 1 is 1.25 bits per heavy atom. The van der Waals surface area contributed by atoms with Gasteiger partial charge in [-0.2, -0.15) is 0 Å². The number of piperidine rings is 1. The van der Waals surface area contributed by atoms with Crippen molar-refractivity contribution in [1.82, 2.24) is 14.5 Å². The summed E-state index contributed by atoms with van der Waals surface area (Å²) in [6, 6.07) is 9.90. The molecule has 1 fully saturated rings. The molecule has 0 aliphatic carbocycles. The maximum absolute atomic E-state index is 12.7. The van der Waals surface area contributed by atoms with E-state index in [-0.39, 0.29) is 17.7 Å². The van der Waals surface area contributed by atoms with Crippen molar-refractivity contribution in [1.29, 1.82) is 0 Å². The van der Waals surface area contributed by atoms with Crippen LogP contribution in [0.25, 0.3) is 0 Å². The molecule has 5 heteroatoms. The number of nitrogens with zero attached hydrogens (tertiary/aromatic N) is 3. The van der Waals surface area contributed by atoms with Crippen LogP contribution in [0.15, 0.2) is 42.7 Å². The summed E-state index contributed by atoms with van der Waals surface area (Å²) in [7, 11) is 1.89. The molecule has 0 saturated carbocycles. The predicted molar refractivity (Wildman–Crippen MR) is 92.3 cm³/mol. The molecule has 3 rings (SSSR count). The minimum Gasteiger partial charge on any atom is -0.385 e. The Kier molecular flexibility index (Phi) is 5.00. The first-order chi connectivity index (χ1) is 11.6. The number of imidazole rings is 1. The minimum absolute atomic E-state index is 0.123. The van der Waals surface area contributed by atoms with E-state index in [0.717, 1.165) is 18.4 Å². The zero-order chi connectivity index (χ0) is 17.1. The van der Waals surface area contributed by atoms with E-state index in [2.05, 4.69) is 4.98 Å². The van der Waals surface area contributed by atoms with Crippen molar-refractivity contribution in [2.75, 3.05) is 13.1 Å². The summed E-state index contributed by atoms with van der Waals surface area (Å²) in [6.07, 6.45) is 4.61. The summed E-state index contributed by atoms with van der Waals surface area (Å²) in [6.45, 7) is 3.36. The number of carbonyl (C=O) groups is 1. The number of aromatic nitrogens is 2. The average molecular weight is 327 g/mol. The summed E-state index contributed by atoms with van der Waals surface area (Å²) < 4.78 is 1.86. The van der Waals surface area contributed by atoms with Crippen molar-refractivity contribution in [2.45, 2.75) is 31.8 Å². The van der Waals surface area contributed by atoms with Gasteiger partial charge in [-0.05, 0) is 31.2 Å². The fraction of sp³-hybridized carbons (Fsp3) is 0.474. The summed E-state index contributed by atoms with van der Waals surface area (Å²) in [5, 5.41) is 10.5. The molecule has 24 heavy (non-hydrogen) atoms. The molecular weight excluding hydrogens is 302 g/mol. The number of likely N-dealkylation sites (tertiary alicyclic amines) is 1. The first-order valence-corrected chi connectivity index (χ1v) is 8.57. The zero-order valence-corrected chi connectivity index (χ0v) is 14.3. The second kappa shape index (κ2) is 7.18. The Hall–Kier alpha value is -2.14. The lowest BCUT2D eigenvalue weighted by atomic mass is 9.89. The van der Waals surface area contributed by atoms with Crippen LogP contribution in [0.3, 0.4) is 0 Å². The van der Waals surface area contributed by atoms with Gasteiger partial charge in [-0.1, -0.05) is 30.3 Å². The third-order valence-electron chi connectivity index (χ3n) is 5.09. The van der Waals surface area contributed by atoms with Crippen LogP contribution in [0, 0.1) is 5.92 Å². The number of aryl methyl sites for hydroxylation is 1. The second-order valence-corrected chi connectivity index (χ2v) is 6.64. The molecule has 1 aliphatic rings. The van der Waals surface area contributed by atoms with Crippen LogP contribution in [0.4, 0.5) is 0 Å². The summed E-state index contributed by atoms with van der Waals surface area (Å²) >= 11 is 0. The molecule has 2 aromatic rings. The number of aliphatic hydroxyl groups excluding tert-OH is 1. The summed E-state index contributed by atoms with van der Waals surface area (Å²) in [4.78, 5) is 18.9. The number of aliphatic hydroxyl groups is 1. The van der Waals surface area contributed by atoms with Crippen molar-refractivity contribution in [2.24, 2.45) is 13.0 Å². The lowest BCUT2D eigenvalue weighted by molar-refractivity contribution is -0.134. The minimum atomic E-state index is -0.561. The van der Waals surface area contributed by atoms with E-state index in [4.69, 9.17) is 0 Å². The highest BCUT2D eigenvalue weighted by Crippen LogP contribution is 2.31. The molecule has 1 aromatic carbocycles. The lowest BCUT2D eigenvalue weighted by Gasteiger charge is -2.35. The van der Waals surface area contributed by atoms with Gasteiger partial charge in [-0.3, -0.25) is 4.79 Å². The molecule has 5 nitrogen and oxygen atoms in total. The number of amides is 1. The van der Waals surface area contributed by atoms with Gasteiger partial charge in [-0.15, -0.1) is 0 Å². The Morgan fingerprint density at radius 2 is 1.92 bits per heavy atom. The van der Waals surface area contributed by atoms with Crippen molar-refractivity contribution in [3.05, 3.63) is 54.1 Å². The number of rotatable bonds is 4. The van der Waals surface area contributed by atoms with Gasteiger partial charge in [0.25, 0.3) is 0 Å². The first kappa shape index (κ1) is 16.7. The fourth-order valence-corrected chi connectivity index (χ4v) is 3.47. The highest BCUT2D eigenvalue weighted by Gasteiger charge is 2.31. The number of benzene rings is 1. The van der Waals surface area contributed by atoms with Crippen LogP contribution < -0.4 is 0 Å². The molecule has 128 valence electrons. The van der Waals surface area contributed by atoms with Crippen molar-refractivity contribution in [3.8, 4) is 0 Å². The summed E-state index contributed by atoms with van der Waals surface area (Å²) in [5.41, 5.74) is 1.05. The SMILES string of the molecule is C[C@@H](C(=O)N1CCC(C(O)c2nccn2C)CC1)c1ccccc1.